The lowest BCUT2D eigenvalue weighted by molar-refractivity contribution is -0.144. The molecule has 82 valence electrons. The smallest absolute Gasteiger partial charge is 0.344 e. The van der Waals surface area contributed by atoms with E-state index in [1.54, 1.807) is 6.07 Å². The predicted octanol–water partition coefficient (Wildman–Crippen LogP) is 1.48. The fraction of sp³-hybridized carbons (Fsp3) is 0.182. The maximum Gasteiger partial charge on any atom is 0.344 e. The van der Waals surface area contributed by atoms with E-state index < -0.39 is 12.1 Å². The number of aliphatic carboxylic acids is 1. The highest BCUT2D eigenvalue weighted by molar-refractivity contribution is 5.83. The van der Waals surface area contributed by atoms with Gasteiger partial charge in [0.05, 0.1) is 10.9 Å². The van der Waals surface area contributed by atoms with Gasteiger partial charge in [0.1, 0.15) is 6.33 Å². The molecule has 2 aromatic rings. The molecule has 0 spiro atoms. The summed E-state index contributed by atoms with van der Waals surface area (Å²) in [6.07, 6.45) is 0.421. The first kappa shape index (κ1) is 10.4. The number of carbonyl (C=O) groups is 1. The third kappa shape index (κ3) is 1.93. The highest BCUT2D eigenvalue weighted by Crippen LogP contribution is 2.21. The number of benzene rings is 1. The highest BCUT2D eigenvalue weighted by Gasteiger charge is 2.14. The second-order valence-corrected chi connectivity index (χ2v) is 3.29. The molecule has 1 aromatic heterocycles. The summed E-state index contributed by atoms with van der Waals surface area (Å²) in [6.45, 7) is 1.46. The van der Waals surface area contributed by atoms with Crippen molar-refractivity contribution < 1.29 is 14.6 Å². The van der Waals surface area contributed by atoms with Crippen molar-refractivity contribution in [2.24, 2.45) is 0 Å². The van der Waals surface area contributed by atoms with E-state index in [2.05, 4.69) is 9.97 Å². The summed E-state index contributed by atoms with van der Waals surface area (Å²) < 4.78 is 5.24. The van der Waals surface area contributed by atoms with E-state index in [0.717, 1.165) is 5.52 Å². The molecule has 1 heterocycles. The minimum atomic E-state index is -1.03. The first-order valence-corrected chi connectivity index (χ1v) is 4.77. The number of ether oxygens (including phenoxy) is 1. The van der Waals surface area contributed by atoms with Gasteiger partial charge >= 0.3 is 5.97 Å². The van der Waals surface area contributed by atoms with Crippen LogP contribution in [-0.2, 0) is 4.79 Å². The first-order valence-electron chi connectivity index (χ1n) is 4.77. The SMILES string of the molecule is CC(Oc1ncnc2ccccc12)C(=O)O. The summed E-state index contributed by atoms with van der Waals surface area (Å²) in [5.74, 6) is -0.733. The Balaban J connectivity index is 2.41. The molecule has 0 saturated carbocycles. The van der Waals surface area contributed by atoms with Gasteiger partial charge in [-0.05, 0) is 19.1 Å². The Morgan fingerprint density at radius 3 is 2.88 bits per heavy atom. The van der Waals surface area contributed by atoms with E-state index in [0.29, 0.717) is 11.3 Å². The molecule has 1 atom stereocenters. The minimum absolute atomic E-state index is 0.292. The van der Waals surface area contributed by atoms with Gasteiger partial charge in [-0.3, -0.25) is 0 Å². The molecule has 0 aliphatic rings. The molecular weight excluding hydrogens is 208 g/mol. The molecule has 0 fully saturated rings. The Hall–Kier alpha value is -2.17. The summed E-state index contributed by atoms with van der Waals surface area (Å²) in [4.78, 5) is 18.7. The van der Waals surface area contributed by atoms with Crippen LogP contribution < -0.4 is 4.74 Å². The lowest BCUT2D eigenvalue weighted by atomic mass is 10.2. The second-order valence-electron chi connectivity index (χ2n) is 3.29. The second kappa shape index (κ2) is 4.14. The van der Waals surface area contributed by atoms with Gasteiger partial charge in [0, 0.05) is 0 Å². The number of carboxylic acid groups (broad SMARTS) is 1. The standard InChI is InChI=1S/C11H10N2O3/c1-7(11(14)15)16-10-8-4-2-3-5-9(8)12-6-13-10/h2-7H,1H3,(H,14,15). The van der Waals surface area contributed by atoms with Gasteiger partial charge in [-0.25, -0.2) is 14.8 Å². The number of rotatable bonds is 3. The number of hydrogen-bond donors (Lipinski definition) is 1. The highest BCUT2D eigenvalue weighted by atomic mass is 16.5. The third-order valence-electron chi connectivity index (χ3n) is 2.14. The van der Waals surface area contributed by atoms with Crippen molar-refractivity contribution in [3.8, 4) is 5.88 Å². The zero-order valence-electron chi connectivity index (χ0n) is 8.62. The van der Waals surface area contributed by atoms with Crippen LogP contribution in [0.5, 0.6) is 5.88 Å². The third-order valence-corrected chi connectivity index (χ3v) is 2.14. The molecular formula is C11H10N2O3. The van der Waals surface area contributed by atoms with Gasteiger partial charge in [0.15, 0.2) is 6.10 Å². The maximum absolute atomic E-state index is 10.7. The number of aromatic nitrogens is 2. The molecule has 0 amide bonds. The monoisotopic (exact) mass is 218 g/mol. The molecule has 0 aliphatic carbocycles. The molecule has 5 nitrogen and oxygen atoms in total. The maximum atomic E-state index is 10.7. The van der Waals surface area contributed by atoms with Crippen LogP contribution >= 0.6 is 0 Å². The Morgan fingerprint density at radius 1 is 1.38 bits per heavy atom. The number of fused-ring (bicyclic) bond motifs is 1. The van der Waals surface area contributed by atoms with E-state index in [1.807, 2.05) is 18.2 Å². The number of para-hydroxylation sites is 1. The summed E-state index contributed by atoms with van der Waals surface area (Å²) in [5.41, 5.74) is 0.727. The lowest BCUT2D eigenvalue weighted by Crippen LogP contribution is -2.23. The summed E-state index contributed by atoms with van der Waals surface area (Å²) >= 11 is 0. The van der Waals surface area contributed by atoms with Gasteiger partial charge in [-0.15, -0.1) is 0 Å². The van der Waals surface area contributed by atoms with Crippen LogP contribution in [0.3, 0.4) is 0 Å². The van der Waals surface area contributed by atoms with Gasteiger partial charge in [-0.2, -0.15) is 0 Å². The predicted molar refractivity (Wildman–Crippen MR) is 57.3 cm³/mol. The van der Waals surface area contributed by atoms with Crippen LogP contribution in [0.4, 0.5) is 0 Å². The topological polar surface area (TPSA) is 72.3 Å². The molecule has 0 saturated heterocycles. The normalized spacial score (nSPS) is 12.3. The Kier molecular flexibility index (Phi) is 2.68. The Bertz CT molecular complexity index is 522. The number of carboxylic acids is 1. The fourth-order valence-electron chi connectivity index (χ4n) is 1.29. The van der Waals surface area contributed by atoms with Crippen molar-refractivity contribution in [3.05, 3.63) is 30.6 Å². The van der Waals surface area contributed by atoms with Gasteiger partial charge in [0.2, 0.25) is 5.88 Å². The molecule has 5 heteroatoms. The average molecular weight is 218 g/mol. The van der Waals surface area contributed by atoms with E-state index in [4.69, 9.17) is 9.84 Å². The molecule has 0 aliphatic heterocycles. The molecule has 0 bridgehead atoms. The van der Waals surface area contributed by atoms with Gasteiger partial charge in [0.25, 0.3) is 0 Å². The van der Waals surface area contributed by atoms with Crippen LogP contribution in [0.1, 0.15) is 6.92 Å². The molecule has 1 unspecified atom stereocenters. The number of nitrogens with zero attached hydrogens (tertiary/aromatic N) is 2. The van der Waals surface area contributed by atoms with E-state index in [1.165, 1.54) is 13.3 Å². The van der Waals surface area contributed by atoms with Crippen molar-refractivity contribution in [1.29, 1.82) is 0 Å². The molecule has 16 heavy (non-hydrogen) atoms. The van der Waals surface area contributed by atoms with Crippen LogP contribution in [0, 0.1) is 0 Å². The zero-order valence-corrected chi connectivity index (χ0v) is 8.62. The van der Waals surface area contributed by atoms with Crippen molar-refractivity contribution in [2.45, 2.75) is 13.0 Å². The summed E-state index contributed by atoms with van der Waals surface area (Å²) in [5, 5.41) is 9.45. The quantitative estimate of drug-likeness (QED) is 0.844. The van der Waals surface area contributed by atoms with E-state index >= 15 is 0 Å². The van der Waals surface area contributed by atoms with Crippen molar-refractivity contribution in [3.63, 3.8) is 0 Å². The van der Waals surface area contributed by atoms with Gasteiger partial charge in [-0.1, -0.05) is 12.1 Å². The van der Waals surface area contributed by atoms with Crippen molar-refractivity contribution >= 4 is 16.9 Å². The van der Waals surface area contributed by atoms with E-state index in [9.17, 15) is 4.79 Å². The van der Waals surface area contributed by atoms with Gasteiger partial charge < -0.3 is 9.84 Å². The average Bonchev–Trinajstić information content (AvgIpc) is 2.29. The van der Waals surface area contributed by atoms with Crippen molar-refractivity contribution in [1.82, 2.24) is 9.97 Å². The summed E-state index contributed by atoms with van der Waals surface area (Å²) in [7, 11) is 0. The largest absolute Gasteiger partial charge is 0.479 e. The molecule has 2 rings (SSSR count). The van der Waals surface area contributed by atoms with Crippen LogP contribution in [-0.4, -0.2) is 27.1 Å². The van der Waals surface area contributed by atoms with Crippen LogP contribution in [0.25, 0.3) is 10.9 Å². The number of hydrogen-bond acceptors (Lipinski definition) is 4. The Labute approximate surface area is 91.7 Å². The van der Waals surface area contributed by atoms with Crippen LogP contribution in [0.15, 0.2) is 30.6 Å². The minimum Gasteiger partial charge on any atom is -0.479 e. The molecule has 0 radical (unpaired) electrons. The fourth-order valence-corrected chi connectivity index (χ4v) is 1.29. The molecule has 1 aromatic carbocycles. The Morgan fingerprint density at radius 2 is 2.12 bits per heavy atom. The zero-order chi connectivity index (χ0) is 11.5. The van der Waals surface area contributed by atoms with Crippen molar-refractivity contribution in [2.75, 3.05) is 0 Å². The lowest BCUT2D eigenvalue weighted by Gasteiger charge is -2.10. The summed E-state index contributed by atoms with van der Waals surface area (Å²) in [6, 6.07) is 7.28. The van der Waals surface area contributed by atoms with Crippen LogP contribution in [0.2, 0.25) is 0 Å². The molecule has 1 N–H and O–H groups in total. The van der Waals surface area contributed by atoms with E-state index in [-0.39, 0.29) is 0 Å². The first-order chi connectivity index (χ1) is 7.68.